The Morgan fingerprint density at radius 1 is 1.26 bits per heavy atom. The van der Waals surface area contributed by atoms with Crippen molar-refractivity contribution in [2.75, 3.05) is 11.9 Å². The van der Waals surface area contributed by atoms with Gasteiger partial charge in [0, 0.05) is 15.7 Å². The van der Waals surface area contributed by atoms with E-state index in [-0.39, 0.29) is 18.4 Å². The summed E-state index contributed by atoms with van der Waals surface area (Å²) in [5.74, 6) is -0.0450. The number of amides is 2. The zero-order chi connectivity index (χ0) is 16.4. The molecule has 0 aromatic heterocycles. The average Bonchev–Trinajstić information content (AvgIpc) is 2.70. The van der Waals surface area contributed by atoms with E-state index in [1.165, 1.54) is 0 Å². The van der Waals surface area contributed by atoms with Gasteiger partial charge in [0.05, 0.1) is 0 Å². The van der Waals surface area contributed by atoms with E-state index in [0.717, 1.165) is 10.0 Å². The number of anilines is 1. The summed E-state index contributed by atoms with van der Waals surface area (Å²) in [6, 6.07) is 12.0. The SMILES string of the molecule is Cc1cccc2c1OCC(=O)NC2C(=O)Nc1ccc(Br)cc1. The van der Waals surface area contributed by atoms with Crippen molar-refractivity contribution in [3.63, 3.8) is 0 Å². The summed E-state index contributed by atoms with van der Waals surface area (Å²) in [5, 5.41) is 5.53. The molecule has 6 heteroatoms. The van der Waals surface area contributed by atoms with Gasteiger partial charge in [0.1, 0.15) is 11.8 Å². The standard InChI is InChI=1S/C17H15BrN2O3/c1-10-3-2-4-13-15(20-14(21)9-23-16(10)13)17(22)19-12-7-5-11(18)6-8-12/h2-8,15H,9H2,1H3,(H,19,22)(H,20,21). The van der Waals surface area contributed by atoms with Crippen LogP contribution in [0.3, 0.4) is 0 Å². The average molecular weight is 375 g/mol. The number of hydrogen-bond acceptors (Lipinski definition) is 3. The van der Waals surface area contributed by atoms with Crippen LogP contribution in [0.1, 0.15) is 17.2 Å². The minimum atomic E-state index is -0.788. The molecule has 1 heterocycles. The molecule has 1 unspecified atom stereocenters. The maximum absolute atomic E-state index is 12.6. The summed E-state index contributed by atoms with van der Waals surface area (Å²) < 4.78 is 6.46. The first kappa shape index (κ1) is 15.6. The van der Waals surface area contributed by atoms with Crippen molar-refractivity contribution in [1.29, 1.82) is 0 Å². The Morgan fingerprint density at radius 2 is 2.00 bits per heavy atom. The molecule has 3 rings (SSSR count). The van der Waals surface area contributed by atoms with Gasteiger partial charge in [-0.2, -0.15) is 0 Å². The molecule has 0 bridgehead atoms. The predicted octanol–water partition coefficient (Wildman–Crippen LogP) is 2.95. The number of carbonyl (C=O) groups is 2. The highest BCUT2D eigenvalue weighted by Gasteiger charge is 2.29. The van der Waals surface area contributed by atoms with Gasteiger partial charge in [-0.3, -0.25) is 9.59 Å². The molecule has 0 saturated carbocycles. The largest absolute Gasteiger partial charge is 0.483 e. The van der Waals surface area contributed by atoms with Crippen molar-refractivity contribution in [2.45, 2.75) is 13.0 Å². The first-order valence-electron chi connectivity index (χ1n) is 7.12. The van der Waals surface area contributed by atoms with Crippen LogP contribution in [-0.4, -0.2) is 18.4 Å². The molecule has 0 spiro atoms. The number of fused-ring (bicyclic) bond motifs is 1. The number of halogens is 1. The molecule has 118 valence electrons. The summed E-state index contributed by atoms with van der Waals surface area (Å²) in [5.41, 5.74) is 2.21. The third-order valence-electron chi connectivity index (χ3n) is 3.58. The summed E-state index contributed by atoms with van der Waals surface area (Å²) >= 11 is 3.35. The van der Waals surface area contributed by atoms with Gasteiger partial charge in [0.15, 0.2) is 6.61 Å². The summed E-state index contributed by atoms with van der Waals surface area (Å²) in [6.07, 6.45) is 0. The quantitative estimate of drug-likeness (QED) is 0.848. The highest BCUT2D eigenvalue weighted by molar-refractivity contribution is 9.10. The Morgan fingerprint density at radius 3 is 2.74 bits per heavy atom. The number of nitrogens with one attached hydrogen (secondary N) is 2. The van der Waals surface area contributed by atoms with Gasteiger partial charge in [-0.05, 0) is 36.8 Å². The van der Waals surface area contributed by atoms with Gasteiger partial charge in [-0.15, -0.1) is 0 Å². The zero-order valence-corrected chi connectivity index (χ0v) is 14.0. The third kappa shape index (κ3) is 3.37. The van der Waals surface area contributed by atoms with Crippen LogP contribution < -0.4 is 15.4 Å². The minimum absolute atomic E-state index is 0.0973. The Kier molecular flexibility index (Phi) is 4.34. The van der Waals surface area contributed by atoms with Crippen molar-refractivity contribution in [3.05, 3.63) is 58.1 Å². The van der Waals surface area contributed by atoms with Crippen LogP contribution in [0.4, 0.5) is 5.69 Å². The lowest BCUT2D eigenvalue weighted by molar-refractivity contribution is -0.127. The Bertz CT molecular complexity index is 759. The molecule has 0 fully saturated rings. The van der Waals surface area contributed by atoms with Crippen LogP contribution in [0.2, 0.25) is 0 Å². The third-order valence-corrected chi connectivity index (χ3v) is 4.11. The minimum Gasteiger partial charge on any atom is -0.483 e. The van der Waals surface area contributed by atoms with Gasteiger partial charge >= 0.3 is 0 Å². The second kappa shape index (κ2) is 6.42. The number of benzene rings is 2. The molecule has 1 aliphatic heterocycles. The normalized spacial score (nSPS) is 16.6. The maximum atomic E-state index is 12.6. The smallest absolute Gasteiger partial charge is 0.258 e. The van der Waals surface area contributed by atoms with E-state index in [9.17, 15) is 9.59 Å². The van der Waals surface area contributed by atoms with Crippen LogP contribution in [0, 0.1) is 6.92 Å². The molecule has 2 aromatic rings. The number of carbonyl (C=O) groups excluding carboxylic acids is 2. The predicted molar refractivity (Wildman–Crippen MR) is 90.3 cm³/mol. The molecule has 0 aliphatic carbocycles. The zero-order valence-electron chi connectivity index (χ0n) is 12.4. The Hall–Kier alpha value is -2.34. The number of hydrogen-bond donors (Lipinski definition) is 2. The van der Waals surface area contributed by atoms with Crippen LogP contribution in [0.15, 0.2) is 46.9 Å². The van der Waals surface area contributed by atoms with Gasteiger partial charge in [-0.1, -0.05) is 34.1 Å². The lowest BCUT2D eigenvalue weighted by Gasteiger charge is -2.18. The number of aryl methyl sites for hydroxylation is 1. The second-order valence-electron chi connectivity index (χ2n) is 5.28. The fourth-order valence-corrected chi connectivity index (χ4v) is 2.74. The van der Waals surface area contributed by atoms with Gasteiger partial charge in [0.25, 0.3) is 11.8 Å². The number of rotatable bonds is 2. The van der Waals surface area contributed by atoms with Crippen molar-refractivity contribution in [2.24, 2.45) is 0 Å². The summed E-state index contributed by atoms with van der Waals surface area (Å²) in [6.45, 7) is 1.79. The van der Waals surface area contributed by atoms with E-state index in [1.54, 1.807) is 18.2 Å². The summed E-state index contributed by atoms with van der Waals surface area (Å²) in [4.78, 5) is 24.5. The first-order valence-corrected chi connectivity index (χ1v) is 7.92. The van der Waals surface area contributed by atoms with Crippen molar-refractivity contribution < 1.29 is 14.3 Å². The first-order chi connectivity index (χ1) is 11.0. The van der Waals surface area contributed by atoms with Crippen molar-refractivity contribution in [3.8, 4) is 5.75 Å². The van der Waals surface area contributed by atoms with Gasteiger partial charge < -0.3 is 15.4 Å². The number of para-hydroxylation sites is 1. The monoisotopic (exact) mass is 374 g/mol. The van der Waals surface area contributed by atoms with E-state index in [0.29, 0.717) is 17.0 Å². The van der Waals surface area contributed by atoms with Crippen LogP contribution in [-0.2, 0) is 9.59 Å². The van der Waals surface area contributed by atoms with Crippen molar-refractivity contribution in [1.82, 2.24) is 5.32 Å². The summed E-state index contributed by atoms with van der Waals surface area (Å²) in [7, 11) is 0. The molecule has 2 N–H and O–H groups in total. The van der Waals surface area contributed by atoms with E-state index in [2.05, 4.69) is 26.6 Å². The van der Waals surface area contributed by atoms with Crippen molar-refractivity contribution >= 4 is 33.4 Å². The van der Waals surface area contributed by atoms with E-state index in [1.807, 2.05) is 31.2 Å². The van der Waals surface area contributed by atoms with E-state index < -0.39 is 6.04 Å². The van der Waals surface area contributed by atoms with Crippen LogP contribution in [0.25, 0.3) is 0 Å². The lowest BCUT2D eigenvalue weighted by Crippen LogP contribution is -2.37. The van der Waals surface area contributed by atoms with Crippen LogP contribution >= 0.6 is 15.9 Å². The van der Waals surface area contributed by atoms with Gasteiger partial charge in [0.2, 0.25) is 0 Å². The highest BCUT2D eigenvalue weighted by atomic mass is 79.9. The van der Waals surface area contributed by atoms with E-state index >= 15 is 0 Å². The van der Waals surface area contributed by atoms with Gasteiger partial charge in [-0.25, -0.2) is 0 Å². The molecule has 1 atom stereocenters. The molecule has 23 heavy (non-hydrogen) atoms. The fourth-order valence-electron chi connectivity index (χ4n) is 2.47. The fraction of sp³-hybridized carbons (Fsp3) is 0.176. The number of ether oxygens (including phenoxy) is 1. The molecule has 1 aliphatic rings. The Balaban J connectivity index is 1.91. The molecule has 0 saturated heterocycles. The molecule has 2 aromatic carbocycles. The topological polar surface area (TPSA) is 67.4 Å². The molecule has 5 nitrogen and oxygen atoms in total. The molecule has 2 amide bonds. The maximum Gasteiger partial charge on any atom is 0.258 e. The molecule has 0 radical (unpaired) electrons. The lowest BCUT2D eigenvalue weighted by atomic mass is 10.0. The molecular weight excluding hydrogens is 360 g/mol. The second-order valence-corrected chi connectivity index (χ2v) is 6.19. The highest BCUT2D eigenvalue weighted by Crippen LogP contribution is 2.31. The Labute approximate surface area is 142 Å². The van der Waals surface area contributed by atoms with E-state index in [4.69, 9.17) is 4.74 Å². The van der Waals surface area contributed by atoms with Crippen LogP contribution in [0.5, 0.6) is 5.75 Å². The molecular formula is C17H15BrN2O3.